The molecule has 0 unspecified atom stereocenters. The summed E-state index contributed by atoms with van der Waals surface area (Å²) < 4.78 is 2.18. The lowest BCUT2D eigenvalue weighted by Crippen LogP contribution is -2.30. The van der Waals surface area contributed by atoms with Crippen LogP contribution >= 0.6 is 11.8 Å². The van der Waals surface area contributed by atoms with Crippen LogP contribution in [0.4, 0.5) is 0 Å². The van der Waals surface area contributed by atoms with E-state index in [4.69, 9.17) is 0 Å². The molecule has 0 bridgehead atoms. The molecule has 0 spiro atoms. The number of nitrogens with one attached hydrogen (secondary N) is 1. The number of nitrogens with zero attached hydrogens (tertiary/aromatic N) is 3. The predicted octanol–water partition coefficient (Wildman–Crippen LogP) is 1.94. The van der Waals surface area contributed by atoms with E-state index in [1.807, 2.05) is 0 Å². The second kappa shape index (κ2) is 5.53. The number of rotatable bonds is 4. The second-order valence-corrected chi connectivity index (χ2v) is 6.42. The van der Waals surface area contributed by atoms with E-state index in [-0.39, 0.29) is 11.2 Å². The Bertz CT molecular complexity index is 469. The van der Waals surface area contributed by atoms with E-state index in [1.165, 1.54) is 12.8 Å². The van der Waals surface area contributed by atoms with Gasteiger partial charge in [-0.3, -0.25) is 4.79 Å². The lowest BCUT2D eigenvalue weighted by molar-refractivity contribution is -0.120. The van der Waals surface area contributed by atoms with Crippen LogP contribution < -0.4 is 5.32 Å². The van der Waals surface area contributed by atoms with E-state index in [0.29, 0.717) is 5.92 Å². The van der Waals surface area contributed by atoms with E-state index in [9.17, 15) is 4.79 Å². The number of thioether (sulfide) groups is 1. The van der Waals surface area contributed by atoms with Crippen molar-refractivity contribution in [1.82, 2.24) is 20.1 Å². The maximum Gasteiger partial charge on any atom is 0.233 e. The van der Waals surface area contributed by atoms with Gasteiger partial charge in [-0.05, 0) is 32.6 Å². The maximum absolute atomic E-state index is 12.0. The summed E-state index contributed by atoms with van der Waals surface area (Å²) >= 11 is 1.58. The molecule has 1 aliphatic carbocycles. The molecule has 2 heterocycles. The van der Waals surface area contributed by atoms with Crippen molar-refractivity contribution in [3.63, 3.8) is 0 Å². The van der Waals surface area contributed by atoms with Crippen LogP contribution in [0.3, 0.4) is 0 Å². The Labute approximate surface area is 117 Å². The molecule has 1 amide bonds. The van der Waals surface area contributed by atoms with Crippen LogP contribution in [0.25, 0.3) is 0 Å². The van der Waals surface area contributed by atoms with Crippen molar-refractivity contribution in [3.8, 4) is 0 Å². The van der Waals surface area contributed by atoms with Crippen molar-refractivity contribution >= 4 is 17.7 Å². The summed E-state index contributed by atoms with van der Waals surface area (Å²) in [6.07, 6.45) is 5.58. The van der Waals surface area contributed by atoms with Gasteiger partial charge in [0.25, 0.3) is 0 Å². The highest BCUT2D eigenvalue weighted by molar-refractivity contribution is 8.00. The molecule has 1 aliphatic heterocycles. The Balaban J connectivity index is 1.76. The van der Waals surface area contributed by atoms with Gasteiger partial charge in [0.1, 0.15) is 5.82 Å². The predicted molar refractivity (Wildman–Crippen MR) is 74.2 cm³/mol. The Morgan fingerprint density at radius 1 is 1.32 bits per heavy atom. The molecular formula is C13H20N4OS. The van der Waals surface area contributed by atoms with Gasteiger partial charge in [0.05, 0.1) is 5.25 Å². The average molecular weight is 280 g/mol. The van der Waals surface area contributed by atoms with Crippen LogP contribution in [0, 0.1) is 0 Å². The molecule has 2 fully saturated rings. The van der Waals surface area contributed by atoms with Crippen LogP contribution in [-0.2, 0) is 11.3 Å². The number of carbonyl (C=O) groups is 1. The van der Waals surface area contributed by atoms with Crippen LogP contribution in [-0.4, -0.2) is 32.5 Å². The fourth-order valence-corrected chi connectivity index (χ4v) is 3.65. The third-order valence-electron chi connectivity index (χ3n) is 3.74. The summed E-state index contributed by atoms with van der Waals surface area (Å²) in [5.74, 6) is 1.87. The number of hydrogen-bond donors (Lipinski definition) is 1. The molecule has 1 atom stereocenters. The standard InChI is InChI=1S/C13H20N4OS/c1-2-17-11(9-6-7-9)15-16-13(17)19-10-5-3-4-8-14-12(10)18/h9-10H,2-8H2,1H3,(H,14,18)/t10-/m1/s1. The highest BCUT2D eigenvalue weighted by atomic mass is 32.2. The fraction of sp³-hybridized carbons (Fsp3) is 0.769. The first-order valence-corrected chi connectivity index (χ1v) is 8.05. The van der Waals surface area contributed by atoms with Gasteiger partial charge in [-0.1, -0.05) is 18.2 Å². The van der Waals surface area contributed by atoms with E-state index >= 15 is 0 Å². The largest absolute Gasteiger partial charge is 0.355 e. The molecule has 1 saturated carbocycles. The average Bonchev–Trinajstić information content (AvgIpc) is 3.19. The molecule has 5 nitrogen and oxygen atoms in total. The lowest BCUT2D eigenvalue weighted by atomic mass is 10.2. The number of carbonyl (C=O) groups excluding carboxylic acids is 1. The van der Waals surface area contributed by atoms with Gasteiger partial charge >= 0.3 is 0 Å². The minimum Gasteiger partial charge on any atom is -0.355 e. The van der Waals surface area contributed by atoms with Gasteiger partial charge < -0.3 is 9.88 Å². The number of aromatic nitrogens is 3. The van der Waals surface area contributed by atoms with Gasteiger partial charge in [-0.15, -0.1) is 10.2 Å². The number of hydrogen-bond acceptors (Lipinski definition) is 4. The van der Waals surface area contributed by atoms with E-state index < -0.39 is 0 Å². The normalized spacial score (nSPS) is 24.1. The van der Waals surface area contributed by atoms with Crippen LogP contribution in [0.5, 0.6) is 0 Å². The molecule has 3 rings (SSSR count). The molecular weight excluding hydrogens is 260 g/mol. The SMILES string of the molecule is CCn1c(S[C@@H]2CCCCNC2=O)nnc1C1CC1. The molecule has 0 radical (unpaired) electrons. The van der Waals surface area contributed by atoms with Gasteiger partial charge in [0.2, 0.25) is 5.91 Å². The zero-order valence-electron chi connectivity index (χ0n) is 11.3. The van der Waals surface area contributed by atoms with Crippen molar-refractivity contribution in [2.45, 2.75) is 61.9 Å². The number of amides is 1. The summed E-state index contributed by atoms with van der Waals surface area (Å²) in [5, 5.41) is 12.5. The highest BCUT2D eigenvalue weighted by Gasteiger charge is 2.31. The van der Waals surface area contributed by atoms with Crippen LogP contribution in [0.15, 0.2) is 5.16 Å². The molecule has 6 heteroatoms. The Hall–Kier alpha value is -1.04. The Morgan fingerprint density at radius 3 is 2.89 bits per heavy atom. The highest BCUT2D eigenvalue weighted by Crippen LogP contribution is 2.40. The first-order chi connectivity index (χ1) is 9.29. The first-order valence-electron chi connectivity index (χ1n) is 7.17. The molecule has 0 aromatic carbocycles. The van der Waals surface area contributed by atoms with Crippen molar-refractivity contribution in [3.05, 3.63) is 5.82 Å². The van der Waals surface area contributed by atoms with Gasteiger partial charge in [-0.2, -0.15) is 0 Å². The summed E-state index contributed by atoms with van der Waals surface area (Å²) in [5.41, 5.74) is 0. The summed E-state index contributed by atoms with van der Waals surface area (Å²) in [4.78, 5) is 12.0. The Morgan fingerprint density at radius 2 is 2.16 bits per heavy atom. The topological polar surface area (TPSA) is 59.8 Å². The van der Waals surface area contributed by atoms with Gasteiger partial charge in [-0.25, -0.2) is 0 Å². The van der Waals surface area contributed by atoms with Crippen molar-refractivity contribution in [1.29, 1.82) is 0 Å². The second-order valence-electron chi connectivity index (χ2n) is 5.25. The van der Waals surface area contributed by atoms with E-state index in [2.05, 4.69) is 27.0 Å². The first kappa shape index (κ1) is 13.0. The summed E-state index contributed by atoms with van der Waals surface area (Å²) in [7, 11) is 0. The smallest absolute Gasteiger partial charge is 0.233 e. The zero-order chi connectivity index (χ0) is 13.2. The van der Waals surface area contributed by atoms with Crippen LogP contribution in [0.2, 0.25) is 0 Å². The van der Waals surface area contributed by atoms with Gasteiger partial charge in [0, 0.05) is 19.0 Å². The minimum absolute atomic E-state index is 0.0101. The molecule has 104 valence electrons. The summed E-state index contributed by atoms with van der Waals surface area (Å²) in [6, 6.07) is 0. The summed E-state index contributed by atoms with van der Waals surface area (Å²) in [6.45, 7) is 3.81. The molecule has 19 heavy (non-hydrogen) atoms. The van der Waals surface area contributed by atoms with Gasteiger partial charge in [0.15, 0.2) is 5.16 Å². The third kappa shape index (κ3) is 2.78. The zero-order valence-corrected chi connectivity index (χ0v) is 12.1. The molecule has 1 aromatic heterocycles. The fourth-order valence-electron chi connectivity index (χ4n) is 2.48. The molecule has 1 N–H and O–H groups in total. The van der Waals surface area contributed by atoms with Crippen LogP contribution in [0.1, 0.15) is 50.8 Å². The molecule has 1 aromatic rings. The van der Waals surface area contributed by atoms with Crippen molar-refractivity contribution in [2.75, 3.05) is 6.54 Å². The quantitative estimate of drug-likeness (QED) is 0.915. The lowest BCUT2D eigenvalue weighted by Gasteiger charge is -2.13. The van der Waals surface area contributed by atoms with E-state index in [0.717, 1.165) is 43.3 Å². The monoisotopic (exact) mass is 280 g/mol. The van der Waals surface area contributed by atoms with Crippen molar-refractivity contribution in [2.24, 2.45) is 0 Å². The Kier molecular flexibility index (Phi) is 3.77. The third-order valence-corrected chi connectivity index (χ3v) is 4.98. The maximum atomic E-state index is 12.0. The molecule has 1 saturated heterocycles. The van der Waals surface area contributed by atoms with E-state index in [1.54, 1.807) is 11.8 Å². The molecule has 2 aliphatic rings. The minimum atomic E-state index is -0.0101. The van der Waals surface area contributed by atoms with Crippen molar-refractivity contribution < 1.29 is 4.79 Å².